The standard InChI is InChI=1S/C49H72N16O11/c50-32(16-7-21-55-47(51)52)43(71)64-25-11-20-38(64)45(73)63-24-9-18-36(63)41(69)57-27-39(67)58-34(26-30-12-3-1-4-13-30)40(68)59-35(29-66)44(72)62-23-10-19-37(62)42(70)61-65(28-31-14-5-2-6-15-31)49(76)60-33(46(74)75)17-8-22-56-48(53)54/h1-6,12-15,32-38,66H,7-11,16-29,50H2,(H,57,69)(H,58,67)(H,59,68)(H,60,76)(H,61,70)(H,74,75)(H4,51,52,55)(H4,53,54,56)/t32-,33-,34-,35-,36-,37-,38-/m0/s1. The van der Waals surface area contributed by atoms with Gasteiger partial charge in [-0.3, -0.25) is 49.8 Å². The van der Waals surface area contributed by atoms with Crippen LogP contribution in [0.1, 0.15) is 75.3 Å². The van der Waals surface area contributed by atoms with Gasteiger partial charge in [0, 0.05) is 39.1 Å². The quantitative estimate of drug-likeness (QED) is 0.0202. The number of hydrazine groups is 1. The van der Waals surface area contributed by atoms with Gasteiger partial charge in [0.05, 0.1) is 25.7 Å². The molecule has 0 spiro atoms. The van der Waals surface area contributed by atoms with Gasteiger partial charge in [0.25, 0.3) is 5.91 Å². The van der Waals surface area contributed by atoms with Crippen LogP contribution in [-0.4, -0.2) is 183 Å². The smallest absolute Gasteiger partial charge is 0.337 e. The third-order valence-corrected chi connectivity index (χ3v) is 13.2. The minimum atomic E-state index is -1.60. The monoisotopic (exact) mass is 1060 g/mol. The Balaban J connectivity index is 1.20. The summed E-state index contributed by atoms with van der Waals surface area (Å²) >= 11 is 0. The summed E-state index contributed by atoms with van der Waals surface area (Å²) in [6.45, 7) is -0.581. The molecule has 27 heteroatoms. The van der Waals surface area contributed by atoms with Gasteiger partial charge in [-0.15, -0.1) is 0 Å². The lowest BCUT2D eigenvalue weighted by atomic mass is 10.0. The topological polar surface area (TPSA) is 417 Å². The average molecular weight is 1060 g/mol. The molecule has 0 unspecified atom stereocenters. The maximum Gasteiger partial charge on any atom is 0.337 e. The third kappa shape index (κ3) is 17.3. The van der Waals surface area contributed by atoms with Crippen molar-refractivity contribution in [1.82, 2.24) is 57.0 Å². The molecule has 2 aromatic rings. The zero-order chi connectivity index (χ0) is 55.3. The number of hydrogen-bond donors (Lipinski definition) is 14. The van der Waals surface area contributed by atoms with E-state index < -0.39 is 109 Å². The number of aliphatic hydroxyl groups excluding tert-OH is 1. The van der Waals surface area contributed by atoms with E-state index in [-0.39, 0.29) is 63.8 Å². The lowest BCUT2D eigenvalue weighted by molar-refractivity contribution is -0.147. The van der Waals surface area contributed by atoms with Gasteiger partial charge in [-0.1, -0.05) is 60.7 Å². The van der Waals surface area contributed by atoms with Gasteiger partial charge in [0.15, 0.2) is 11.9 Å². The first kappa shape index (κ1) is 58.8. The molecule has 5 rings (SSSR count). The van der Waals surface area contributed by atoms with Crippen LogP contribution in [0.5, 0.6) is 0 Å². The van der Waals surface area contributed by atoms with Crippen LogP contribution in [0.25, 0.3) is 0 Å². The van der Waals surface area contributed by atoms with Crippen molar-refractivity contribution in [2.45, 2.75) is 119 Å². The summed E-state index contributed by atoms with van der Waals surface area (Å²) in [6.07, 6.45) is 3.07. The number of carboxylic acid groups (broad SMARTS) is 1. The van der Waals surface area contributed by atoms with E-state index in [0.29, 0.717) is 69.2 Å². The Bertz CT molecular complexity index is 2380. The fourth-order valence-electron chi connectivity index (χ4n) is 9.36. The Hall–Kier alpha value is -8.07. The first-order valence-electron chi connectivity index (χ1n) is 25.4. The highest BCUT2D eigenvalue weighted by Gasteiger charge is 2.44. The van der Waals surface area contributed by atoms with Crippen LogP contribution < -0.4 is 54.5 Å². The number of amides is 9. The number of nitrogens with one attached hydrogen (secondary N) is 9. The molecule has 3 heterocycles. The van der Waals surface area contributed by atoms with E-state index in [0.717, 1.165) is 9.91 Å². The molecule has 7 atom stereocenters. The fraction of sp³-hybridized carbons (Fsp3) is 0.531. The van der Waals surface area contributed by atoms with E-state index in [1.165, 1.54) is 9.80 Å². The zero-order valence-electron chi connectivity index (χ0n) is 42.3. The number of carbonyl (C=O) groups is 9. The van der Waals surface area contributed by atoms with Crippen LogP contribution in [0.15, 0.2) is 60.7 Å². The molecule has 0 aromatic heterocycles. The van der Waals surface area contributed by atoms with Crippen LogP contribution in [0.4, 0.5) is 4.79 Å². The van der Waals surface area contributed by atoms with Gasteiger partial charge in [0.2, 0.25) is 35.4 Å². The first-order chi connectivity index (χ1) is 36.4. The van der Waals surface area contributed by atoms with Crippen molar-refractivity contribution in [2.24, 2.45) is 17.2 Å². The fourth-order valence-corrected chi connectivity index (χ4v) is 9.36. The van der Waals surface area contributed by atoms with Crippen molar-refractivity contribution in [3.8, 4) is 0 Å². The number of carboxylic acids is 1. The van der Waals surface area contributed by atoms with Crippen molar-refractivity contribution in [3.63, 3.8) is 0 Å². The van der Waals surface area contributed by atoms with E-state index in [4.69, 9.17) is 28.0 Å². The second kappa shape index (κ2) is 29.1. The molecule has 0 radical (unpaired) electrons. The molecule has 17 N–H and O–H groups in total. The first-order valence-corrected chi connectivity index (χ1v) is 25.4. The van der Waals surface area contributed by atoms with Crippen molar-refractivity contribution >= 4 is 65.3 Å². The number of benzene rings is 2. The SMILES string of the molecule is N=C(N)NCCC[C@H](NC(=O)N(Cc1ccccc1)NC(=O)[C@@H]1CCCN1C(=O)[C@H](CO)NC(=O)[C@H](Cc1ccccc1)NC(=O)CNC(=O)[C@@H]1CCCN1C(=O)[C@@H]1CCCN1C(=O)[C@@H](N)CCCNC(=N)N)C(=O)O. The summed E-state index contributed by atoms with van der Waals surface area (Å²) in [5, 5.41) is 51.2. The Morgan fingerprint density at radius 1 is 0.645 bits per heavy atom. The normalized spacial score (nSPS) is 18.5. The summed E-state index contributed by atoms with van der Waals surface area (Å²) in [6, 6.07) is 8.00. The molecule has 2 aromatic carbocycles. The van der Waals surface area contributed by atoms with Gasteiger partial charge in [-0.2, -0.15) is 0 Å². The summed E-state index contributed by atoms with van der Waals surface area (Å²) in [7, 11) is 0. The number of aliphatic hydroxyl groups is 1. The van der Waals surface area contributed by atoms with Crippen LogP contribution >= 0.6 is 0 Å². The molecule has 3 aliphatic rings. The van der Waals surface area contributed by atoms with E-state index in [1.54, 1.807) is 60.7 Å². The highest BCUT2D eigenvalue weighted by atomic mass is 16.4. The third-order valence-electron chi connectivity index (χ3n) is 13.2. The van der Waals surface area contributed by atoms with Crippen molar-refractivity contribution < 1.29 is 53.4 Å². The number of rotatable bonds is 25. The lowest BCUT2D eigenvalue weighted by Crippen LogP contribution is -2.60. The van der Waals surface area contributed by atoms with Crippen molar-refractivity contribution in [1.29, 1.82) is 10.8 Å². The lowest BCUT2D eigenvalue weighted by Gasteiger charge is -2.32. The van der Waals surface area contributed by atoms with Gasteiger partial charge < -0.3 is 74.0 Å². The maximum absolute atomic E-state index is 14.1. The van der Waals surface area contributed by atoms with Crippen LogP contribution in [0.2, 0.25) is 0 Å². The summed E-state index contributed by atoms with van der Waals surface area (Å²) < 4.78 is 0. The largest absolute Gasteiger partial charge is 0.480 e. The van der Waals surface area contributed by atoms with E-state index in [1.807, 2.05) is 0 Å². The van der Waals surface area contributed by atoms with E-state index in [9.17, 15) is 53.4 Å². The summed E-state index contributed by atoms with van der Waals surface area (Å²) in [4.78, 5) is 126. The molecule has 3 fully saturated rings. The van der Waals surface area contributed by atoms with Crippen LogP contribution in [0.3, 0.4) is 0 Å². The number of hydrogen-bond acceptors (Lipinski definition) is 13. The number of urea groups is 1. The van der Waals surface area contributed by atoms with Crippen molar-refractivity contribution in [2.75, 3.05) is 45.9 Å². The predicted molar refractivity (Wildman–Crippen MR) is 275 cm³/mol. The molecule has 0 aliphatic carbocycles. The number of aliphatic carboxylic acids is 1. The molecule has 9 amide bonds. The Morgan fingerprint density at radius 3 is 1.76 bits per heavy atom. The Morgan fingerprint density at radius 2 is 1.18 bits per heavy atom. The number of guanidine groups is 2. The van der Waals surface area contributed by atoms with Gasteiger partial charge in [-0.05, 0) is 75.3 Å². The van der Waals surface area contributed by atoms with Gasteiger partial charge >= 0.3 is 12.0 Å². The van der Waals surface area contributed by atoms with Crippen LogP contribution in [-0.2, 0) is 51.3 Å². The maximum atomic E-state index is 14.1. The van der Waals surface area contributed by atoms with Crippen LogP contribution in [0, 0.1) is 10.8 Å². The molecule has 76 heavy (non-hydrogen) atoms. The minimum absolute atomic E-state index is 0.0325. The molecule has 0 saturated carbocycles. The molecular formula is C49H72N16O11. The second-order valence-corrected chi connectivity index (χ2v) is 18.8. The molecule has 3 saturated heterocycles. The predicted octanol–water partition coefficient (Wildman–Crippen LogP) is -3.17. The average Bonchev–Trinajstić information content (AvgIpc) is 4.22. The number of nitrogens with two attached hydrogens (primary N) is 3. The number of likely N-dealkylation sites (tertiary alicyclic amines) is 3. The van der Waals surface area contributed by atoms with E-state index >= 15 is 0 Å². The van der Waals surface area contributed by atoms with Gasteiger partial charge in [0.1, 0.15) is 36.3 Å². The molecule has 414 valence electrons. The molecule has 27 nitrogen and oxygen atoms in total. The summed E-state index contributed by atoms with van der Waals surface area (Å²) in [5.41, 5.74) is 20.5. The van der Waals surface area contributed by atoms with Crippen molar-refractivity contribution in [3.05, 3.63) is 71.8 Å². The van der Waals surface area contributed by atoms with Gasteiger partial charge in [-0.25, -0.2) is 14.6 Å². The summed E-state index contributed by atoms with van der Waals surface area (Å²) in [5.74, 6) is -6.56. The van der Waals surface area contributed by atoms with E-state index in [2.05, 4.69) is 37.3 Å². The number of nitrogens with zero attached hydrogens (tertiary/aromatic N) is 4. The highest BCUT2D eigenvalue weighted by molar-refractivity contribution is 5.97. The minimum Gasteiger partial charge on any atom is -0.480 e. The second-order valence-electron chi connectivity index (χ2n) is 18.8. The Kier molecular flexibility index (Phi) is 22.5. The number of carbonyl (C=O) groups excluding carboxylic acids is 8. The molecular weight excluding hydrogens is 989 g/mol. The zero-order valence-corrected chi connectivity index (χ0v) is 42.3. The molecule has 0 bridgehead atoms. The Labute approximate surface area is 439 Å². The highest BCUT2D eigenvalue weighted by Crippen LogP contribution is 2.26. The molecule has 3 aliphatic heterocycles.